The van der Waals surface area contributed by atoms with Crippen LogP contribution in [-0.4, -0.2) is 45.0 Å². The molecule has 3 nitrogen and oxygen atoms in total. The Morgan fingerprint density at radius 3 is 1.85 bits per heavy atom. The zero-order valence-corrected chi connectivity index (χ0v) is 9.32. The number of hydrogen-bond acceptors (Lipinski definition) is 3. The molecule has 0 saturated carbocycles. The number of fused-ring (bicyclic) bond motifs is 1. The van der Waals surface area contributed by atoms with Gasteiger partial charge in [0.05, 0.1) is 11.5 Å². The molecule has 0 N–H and O–H groups in total. The summed E-state index contributed by atoms with van der Waals surface area (Å²) in [5.41, 5.74) is -0.0266. The predicted octanol–water partition coefficient (Wildman–Crippen LogP) is 0.373. The van der Waals surface area contributed by atoms with Crippen molar-refractivity contribution in [1.29, 1.82) is 0 Å². The van der Waals surface area contributed by atoms with Crippen molar-refractivity contribution in [3.63, 3.8) is 0 Å². The third-order valence-electron chi connectivity index (χ3n) is 3.77. The molecule has 2 aliphatic rings. The van der Waals surface area contributed by atoms with Crippen LogP contribution >= 0.6 is 0 Å². The van der Waals surface area contributed by atoms with Crippen molar-refractivity contribution in [3.05, 3.63) is 0 Å². The van der Waals surface area contributed by atoms with Gasteiger partial charge in [0.2, 0.25) is 0 Å². The van der Waals surface area contributed by atoms with Crippen molar-refractivity contribution < 1.29 is 8.42 Å². The molecule has 0 amide bonds. The fourth-order valence-corrected chi connectivity index (χ4v) is 6.01. The molecule has 4 heteroatoms. The van der Waals surface area contributed by atoms with E-state index < -0.39 is 9.84 Å². The highest BCUT2D eigenvalue weighted by molar-refractivity contribution is 7.91. The predicted molar refractivity (Wildman–Crippen MR) is 52.4 cm³/mol. The van der Waals surface area contributed by atoms with E-state index in [1.807, 2.05) is 0 Å². The van der Waals surface area contributed by atoms with E-state index in [9.17, 15) is 8.42 Å². The zero-order valence-electron chi connectivity index (χ0n) is 8.50. The lowest BCUT2D eigenvalue weighted by Gasteiger charge is -2.30. The van der Waals surface area contributed by atoms with Gasteiger partial charge in [0.25, 0.3) is 0 Å². The van der Waals surface area contributed by atoms with E-state index >= 15 is 0 Å². The third-order valence-corrected chi connectivity index (χ3v) is 5.93. The summed E-state index contributed by atoms with van der Waals surface area (Å²) in [6.45, 7) is 6.06. The van der Waals surface area contributed by atoms with Crippen molar-refractivity contribution in [2.45, 2.75) is 13.8 Å². The van der Waals surface area contributed by atoms with Gasteiger partial charge >= 0.3 is 0 Å². The zero-order chi connectivity index (χ0) is 9.91. The number of rotatable bonds is 0. The van der Waals surface area contributed by atoms with Crippen LogP contribution in [0.2, 0.25) is 0 Å². The molecule has 2 heterocycles. The molecule has 2 fully saturated rings. The summed E-state index contributed by atoms with van der Waals surface area (Å²) in [7, 11) is -0.702. The van der Waals surface area contributed by atoms with E-state index in [-0.39, 0.29) is 10.8 Å². The van der Waals surface area contributed by atoms with Crippen LogP contribution in [0.25, 0.3) is 0 Å². The van der Waals surface area contributed by atoms with Gasteiger partial charge in [-0.05, 0) is 7.05 Å². The van der Waals surface area contributed by atoms with E-state index in [2.05, 4.69) is 25.8 Å². The second-order valence-corrected chi connectivity index (χ2v) is 7.39. The maximum Gasteiger partial charge on any atom is 0.151 e. The van der Waals surface area contributed by atoms with Crippen LogP contribution in [0.4, 0.5) is 0 Å². The minimum absolute atomic E-state index is 0.0133. The van der Waals surface area contributed by atoms with Gasteiger partial charge in [0.1, 0.15) is 0 Å². The Morgan fingerprint density at radius 2 is 1.46 bits per heavy atom. The van der Waals surface area contributed by atoms with Gasteiger partial charge in [-0.1, -0.05) is 13.8 Å². The fourth-order valence-electron chi connectivity index (χ4n) is 3.09. The highest BCUT2D eigenvalue weighted by atomic mass is 32.2. The second-order valence-electron chi connectivity index (χ2n) is 5.33. The first-order chi connectivity index (χ1) is 5.77. The van der Waals surface area contributed by atoms with Gasteiger partial charge in [-0.2, -0.15) is 0 Å². The van der Waals surface area contributed by atoms with Crippen molar-refractivity contribution in [2.75, 3.05) is 31.6 Å². The summed E-state index contributed by atoms with van der Waals surface area (Å²) >= 11 is 0. The fraction of sp³-hybridized carbons (Fsp3) is 1.00. The quantitative estimate of drug-likeness (QED) is 0.571. The Balaban J connectivity index is 2.41. The molecule has 0 aliphatic carbocycles. The Hall–Kier alpha value is -0.0900. The normalized spacial score (nSPS) is 49.5. The minimum atomic E-state index is -2.77. The average molecular weight is 203 g/mol. The van der Waals surface area contributed by atoms with Gasteiger partial charge < -0.3 is 4.90 Å². The molecular formula is C9H17NO2S. The minimum Gasteiger partial charge on any atom is -0.305 e. The summed E-state index contributed by atoms with van der Waals surface area (Å²) < 4.78 is 23.1. The lowest BCUT2D eigenvalue weighted by atomic mass is 9.71. The third kappa shape index (κ3) is 1.22. The molecule has 0 aromatic heterocycles. The van der Waals surface area contributed by atoms with E-state index in [0.29, 0.717) is 11.5 Å². The monoisotopic (exact) mass is 203 g/mol. The topological polar surface area (TPSA) is 37.4 Å². The maximum absolute atomic E-state index is 11.5. The molecule has 0 aromatic carbocycles. The Labute approximate surface area is 80.0 Å². The highest BCUT2D eigenvalue weighted by Gasteiger charge is 2.59. The van der Waals surface area contributed by atoms with Gasteiger partial charge in [-0.25, -0.2) is 8.42 Å². The smallest absolute Gasteiger partial charge is 0.151 e. The Morgan fingerprint density at radius 1 is 1.08 bits per heavy atom. The SMILES string of the molecule is CN1C[C@@]2(C)CS(=O)(=O)C[C@@]2(C)C1. The van der Waals surface area contributed by atoms with E-state index in [4.69, 9.17) is 0 Å². The molecular weight excluding hydrogens is 186 g/mol. The second kappa shape index (κ2) is 2.28. The van der Waals surface area contributed by atoms with Crippen molar-refractivity contribution in [1.82, 2.24) is 4.90 Å². The van der Waals surface area contributed by atoms with Crippen LogP contribution in [0.3, 0.4) is 0 Å². The summed E-state index contributed by atoms with van der Waals surface area (Å²) in [5.74, 6) is 0.752. The first kappa shape index (κ1) is 9.46. The van der Waals surface area contributed by atoms with Crippen LogP contribution in [0, 0.1) is 10.8 Å². The molecule has 2 saturated heterocycles. The van der Waals surface area contributed by atoms with Crippen LogP contribution in [0.5, 0.6) is 0 Å². The van der Waals surface area contributed by atoms with Crippen molar-refractivity contribution >= 4 is 9.84 Å². The molecule has 2 atom stereocenters. The molecule has 2 rings (SSSR count). The van der Waals surface area contributed by atoms with E-state index in [0.717, 1.165) is 13.1 Å². The highest BCUT2D eigenvalue weighted by Crippen LogP contribution is 2.52. The van der Waals surface area contributed by atoms with Gasteiger partial charge in [0, 0.05) is 23.9 Å². The molecule has 76 valence electrons. The van der Waals surface area contributed by atoms with Gasteiger partial charge in [-0.15, -0.1) is 0 Å². The summed E-state index contributed by atoms with van der Waals surface area (Å²) in [6.07, 6.45) is 0. The number of hydrogen-bond donors (Lipinski definition) is 0. The molecule has 0 aromatic rings. The largest absolute Gasteiger partial charge is 0.305 e. The first-order valence-corrected chi connectivity index (χ1v) is 6.48. The maximum atomic E-state index is 11.5. The molecule has 0 radical (unpaired) electrons. The van der Waals surface area contributed by atoms with E-state index in [1.165, 1.54) is 0 Å². The molecule has 0 bridgehead atoms. The van der Waals surface area contributed by atoms with Crippen LogP contribution in [0.15, 0.2) is 0 Å². The lowest BCUT2D eigenvalue weighted by molar-refractivity contribution is 0.212. The van der Waals surface area contributed by atoms with Crippen LogP contribution < -0.4 is 0 Å². The molecule has 0 spiro atoms. The van der Waals surface area contributed by atoms with Gasteiger partial charge in [-0.3, -0.25) is 0 Å². The van der Waals surface area contributed by atoms with Gasteiger partial charge in [0.15, 0.2) is 9.84 Å². The summed E-state index contributed by atoms with van der Waals surface area (Å²) in [4.78, 5) is 2.24. The summed E-state index contributed by atoms with van der Waals surface area (Å²) in [6, 6.07) is 0. The standard InChI is InChI=1S/C9H17NO2S/c1-8-4-10(3)5-9(8,2)7-13(11,12)6-8/h4-7H2,1-3H3/t8-,9+. The van der Waals surface area contributed by atoms with Crippen molar-refractivity contribution in [3.8, 4) is 0 Å². The Bertz CT molecular complexity index is 312. The number of sulfone groups is 1. The number of likely N-dealkylation sites (tertiary alicyclic amines) is 1. The Kier molecular flexibility index (Phi) is 1.66. The number of nitrogens with zero attached hydrogens (tertiary/aromatic N) is 1. The van der Waals surface area contributed by atoms with Crippen LogP contribution in [0.1, 0.15) is 13.8 Å². The van der Waals surface area contributed by atoms with E-state index in [1.54, 1.807) is 0 Å². The first-order valence-electron chi connectivity index (χ1n) is 4.65. The molecule has 0 unspecified atom stereocenters. The average Bonchev–Trinajstić information content (AvgIpc) is 2.04. The molecule has 13 heavy (non-hydrogen) atoms. The lowest BCUT2D eigenvalue weighted by Crippen LogP contribution is -2.34. The van der Waals surface area contributed by atoms with Crippen LogP contribution in [-0.2, 0) is 9.84 Å². The summed E-state index contributed by atoms with van der Waals surface area (Å²) in [5, 5.41) is 0. The molecule has 2 aliphatic heterocycles. The van der Waals surface area contributed by atoms with Crippen molar-refractivity contribution in [2.24, 2.45) is 10.8 Å².